The van der Waals surface area contributed by atoms with Gasteiger partial charge in [-0.2, -0.15) is 0 Å². The van der Waals surface area contributed by atoms with Crippen molar-refractivity contribution in [3.8, 4) is 0 Å². The average Bonchev–Trinajstić information content (AvgIpc) is 2.32. The molecule has 0 aliphatic carbocycles. The minimum absolute atomic E-state index is 0.00287. The average molecular weight is 164 g/mol. The van der Waals surface area contributed by atoms with Gasteiger partial charge in [0, 0.05) is 0 Å². The molecular formula is C6H12O5. The van der Waals surface area contributed by atoms with Crippen molar-refractivity contribution in [2.24, 2.45) is 0 Å². The molecule has 0 radical (unpaired) electrons. The fourth-order valence-corrected chi connectivity index (χ4v) is 1.07. The largest absolute Gasteiger partial charge is 0.394 e. The zero-order valence-corrected chi connectivity index (χ0v) is 5.92. The Kier molecular flexibility index (Phi) is 2.80. The van der Waals surface area contributed by atoms with Crippen molar-refractivity contribution in [1.29, 1.82) is 0 Å². The SMILES string of the molecule is OC[C@H](O)[C@@H]1OC[C@@H](O)[C@@H]1O. The lowest BCUT2D eigenvalue weighted by atomic mass is 10.1. The first-order valence-corrected chi connectivity index (χ1v) is 3.43. The highest BCUT2D eigenvalue weighted by molar-refractivity contribution is 4.87. The van der Waals surface area contributed by atoms with Crippen LogP contribution < -0.4 is 0 Å². The molecule has 1 heterocycles. The van der Waals surface area contributed by atoms with Crippen molar-refractivity contribution in [2.75, 3.05) is 13.2 Å². The van der Waals surface area contributed by atoms with E-state index in [0.717, 1.165) is 0 Å². The smallest absolute Gasteiger partial charge is 0.114 e. The second-order valence-corrected chi connectivity index (χ2v) is 2.61. The summed E-state index contributed by atoms with van der Waals surface area (Å²) in [6.07, 6.45) is -4.05. The van der Waals surface area contributed by atoms with Crippen LogP contribution in [-0.2, 0) is 4.74 Å². The molecule has 4 atom stereocenters. The van der Waals surface area contributed by atoms with E-state index in [0.29, 0.717) is 0 Å². The van der Waals surface area contributed by atoms with Gasteiger partial charge in [0.15, 0.2) is 0 Å². The molecule has 0 spiro atoms. The number of hydrogen-bond donors (Lipinski definition) is 4. The van der Waals surface area contributed by atoms with E-state index in [1.54, 1.807) is 0 Å². The Balaban J connectivity index is 2.47. The third-order valence-corrected chi connectivity index (χ3v) is 1.76. The van der Waals surface area contributed by atoms with Gasteiger partial charge >= 0.3 is 0 Å². The standard InChI is InChI=1S/C6H12O5/c7-1-3(8)6-5(10)4(9)2-11-6/h3-10H,1-2H2/t3-,4+,5-,6-/m0/s1. The molecule has 5 nitrogen and oxygen atoms in total. The maximum atomic E-state index is 9.11. The summed E-state index contributed by atoms with van der Waals surface area (Å²) in [4.78, 5) is 0. The van der Waals surface area contributed by atoms with Crippen molar-refractivity contribution >= 4 is 0 Å². The number of ether oxygens (including phenoxy) is 1. The van der Waals surface area contributed by atoms with Gasteiger partial charge in [-0.15, -0.1) is 0 Å². The summed E-state index contributed by atoms with van der Waals surface area (Å²) in [5, 5.41) is 35.5. The van der Waals surface area contributed by atoms with Gasteiger partial charge in [-0.25, -0.2) is 0 Å². The first-order valence-electron chi connectivity index (χ1n) is 3.43. The van der Waals surface area contributed by atoms with Crippen molar-refractivity contribution in [3.05, 3.63) is 0 Å². The first-order chi connectivity index (χ1) is 5.16. The Morgan fingerprint density at radius 1 is 1.45 bits per heavy atom. The van der Waals surface area contributed by atoms with Crippen molar-refractivity contribution in [3.63, 3.8) is 0 Å². The minimum Gasteiger partial charge on any atom is -0.394 e. The first kappa shape index (κ1) is 8.89. The van der Waals surface area contributed by atoms with Gasteiger partial charge in [0.1, 0.15) is 24.4 Å². The summed E-state index contributed by atoms with van der Waals surface area (Å²) in [6.45, 7) is -0.475. The van der Waals surface area contributed by atoms with Crippen LogP contribution in [0.2, 0.25) is 0 Å². The third kappa shape index (κ3) is 1.69. The molecule has 0 saturated carbocycles. The zero-order valence-electron chi connectivity index (χ0n) is 5.92. The van der Waals surface area contributed by atoms with Crippen molar-refractivity contribution < 1.29 is 25.2 Å². The lowest BCUT2D eigenvalue weighted by molar-refractivity contribution is -0.0684. The molecule has 0 bridgehead atoms. The molecule has 66 valence electrons. The second-order valence-electron chi connectivity index (χ2n) is 2.61. The summed E-state index contributed by atoms with van der Waals surface area (Å²) in [6, 6.07) is 0. The molecule has 11 heavy (non-hydrogen) atoms. The van der Waals surface area contributed by atoms with E-state index >= 15 is 0 Å². The predicted molar refractivity (Wildman–Crippen MR) is 34.8 cm³/mol. The van der Waals surface area contributed by atoms with Gasteiger partial charge in [-0.1, -0.05) is 0 Å². The van der Waals surface area contributed by atoms with Crippen LogP contribution in [0.15, 0.2) is 0 Å². The molecule has 0 aromatic heterocycles. The summed E-state index contributed by atoms with van der Waals surface area (Å²) in [7, 11) is 0. The highest BCUT2D eigenvalue weighted by atomic mass is 16.5. The molecule has 0 aromatic carbocycles. The lowest BCUT2D eigenvalue weighted by Crippen LogP contribution is -2.40. The van der Waals surface area contributed by atoms with Gasteiger partial charge < -0.3 is 25.2 Å². The van der Waals surface area contributed by atoms with Crippen molar-refractivity contribution in [1.82, 2.24) is 0 Å². The van der Waals surface area contributed by atoms with Crippen LogP contribution in [0.5, 0.6) is 0 Å². The monoisotopic (exact) mass is 164 g/mol. The summed E-state index contributed by atoms with van der Waals surface area (Å²) in [5.74, 6) is 0. The maximum Gasteiger partial charge on any atom is 0.114 e. The quantitative estimate of drug-likeness (QED) is 0.361. The summed E-state index contributed by atoms with van der Waals surface area (Å²) < 4.78 is 4.82. The molecule has 1 saturated heterocycles. The van der Waals surface area contributed by atoms with Crippen LogP contribution in [-0.4, -0.2) is 58.1 Å². The highest BCUT2D eigenvalue weighted by Crippen LogP contribution is 2.16. The number of aliphatic hydroxyl groups excluding tert-OH is 4. The van der Waals surface area contributed by atoms with E-state index in [1.165, 1.54) is 0 Å². The Morgan fingerprint density at radius 2 is 2.09 bits per heavy atom. The maximum absolute atomic E-state index is 9.11. The molecule has 0 aromatic rings. The lowest BCUT2D eigenvalue weighted by Gasteiger charge is -2.18. The van der Waals surface area contributed by atoms with Crippen LogP contribution in [0.3, 0.4) is 0 Å². The fourth-order valence-electron chi connectivity index (χ4n) is 1.07. The van der Waals surface area contributed by atoms with Gasteiger partial charge in [-0.3, -0.25) is 0 Å². The van der Waals surface area contributed by atoms with E-state index in [1.807, 2.05) is 0 Å². The molecule has 1 rings (SSSR count). The molecule has 1 aliphatic heterocycles. The molecule has 1 aliphatic rings. The zero-order chi connectivity index (χ0) is 8.43. The van der Waals surface area contributed by atoms with Crippen LogP contribution in [0.4, 0.5) is 0 Å². The van der Waals surface area contributed by atoms with Crippen LogP contribution >= 0.6 is 0 Å². The molecule has 1 fully saturated rings. The van der Waals surface area contributed by atoms with Gasteiger partial charge in [-0.05, 0) is 0 Å². The van der Waals surface area contributed by atoms with Gasteiger partial charge in [0.25, 0.3) is 0 Å². The van der Waals surface area contributed by atoms with E-state index in [-0.39, 0.29) is 6.61 Å². The van der Waals surface area contributed by atoms with E-state index in [4.69, 9.17) is 25.2 Å². The number of hydrogen-bond acceptors (Lipinski definition) is 5. The van der Waals surface area contributed by atoms with Crippen LogP contribution in [0, 0.1) is 0 Å². The third-order valence-electron chi connectivity index (χ3n) is 1.76. The Hall–Kier alpha value is -0.200. The summed E-state index contributed by atoms with van der Waals surface area (Å²) in [5.41, 5.74) is 0. The highest BCUT2D eigenvalue weighted by Gasteiger charge is 2.38. The van der Waals surface area contributed by atoms with Gasteiger partial charge in [0.2, 0.25) is 0 Å². The number of aliphatic hydroxyl groups is 4. The van der Waals surface area contributed by atoms with Gasteiger partial charge in [0.05, 0.1) is 13.2 Å². The van der Waals surface area contributed by atoms with E-state index < -0.39 is 31.0 Å². The van der Waals surface area contributed by atoms with E-state index in [9.17, 15) is 0 Å². The number of rotatable bonds is 2. The fraction of sp³-hybridized carbons (Fsp3) is 1.00. The van der Waals surface area contributed by atoms with E-state index in [2.05, 4.69) is 0 Å². The Bertz CT molecular complexity index is 128. The molecule has 4 N–H and O–H groups in total. The normalized spacial score (nSPS) is 40.9. The Labute approximate surface area is 63.8 Å². The topological polar surface area (TPSA) is 90.2 Å². The predicted octanol–water partition coefficient (Wildman–Crippen LogP) is -2.54. The molecule has 0 amide bonds. The summed E-state index contributed by atoms with van der Waals surface area (Å²) >= 11 is 0. The molecular weight excluding hydrogens is 152 g/mol. The Morgan fingerprint density at radius 3 is 2.45 bits per heavy atom. The molecule has 0 unspecified atom stereocenters. The van der Waals surface area contributed by atoms with Crippen LogP contribution in [0.25, 0.3) is 0 Å². The minimum atomic E-state index is -1.12. The molecule has 5 heteroatoms. The second kappa shape index (κ2) is 3.46. The van der Waals surface area contributed by atoms with Crippen LogP contribution in [0.1, 0.15) is 0 Å². The van der Waals surface area contributed by atoms with Crippen molar-refractivity contribution in [2.45, 2.75) is 24.4 Å².